The normalized spacial score (nSPS) is 11.6. The van der Waals surface area contributed by atoms with Crippen molar-refractivity contribution in [1.29, 1.82) is 0 Å². The predicted octanol–water partition coefficient (Wildman–Crippen LogP) is 8.21. The molecule has 0 bridgehead atoms. The van der Waals surface area contributed by atoms with Crippen LogP contribution in [0.15, 0.2) is 49.9 Å². The summed E-state index contributed by atoms with van der Waals surface area (Å²) in [6.45, 7) is 10.7. The number of nitrogens with zero attached hydrogens (tertiary/aromatic N) is 2. The molecule has 0 aliphatic heterocycles. The van der Waals surface area contributed by atoms with E-state index in [0.717, 1.165) is 69.1 Å². The third-order valence-electron chi connectivity index (χ3n) is 4.85. The summed E-state index contributed by atoms with van der Waals surface area (Å²) in [6.07, 6.45) is 4.63. The number of hydrogen-bond donors (Lipinski definition) is 1. The zero-order valence-electron chi connectivity index (χ0n) is 20.7. The van der Waals surface area contributed by atoms with E-state index in [1.165, 1.54) is 0 Å². The minimum absolute atomic E-state index is 0.0720. The van der Waals surface area contributed by atoms with Crippen molar-refractivity contribution < 1.29 is 9.21 Å². The molecule has 34 heavy (non-hydrogen) atoms. The van der Waals surface area contributed by atoms with Crippen molar-refractivity contribution in [3.63, 3.8) is 0 Å². The van der Waals surface area contributed by atoms with Gasteiger partial charge in [-0.3, -0.25) is 4.79 Å². The zero-order valence-corrected chi connectivity index (χ0v) is 23.2. The topological polar surface area (TPSA) is 68.0 Å². The molecule has 2 aromatic heterocycles. The van der Waals surface area contributed by atoms with Gasteiger partial charge in [-0.1, -0.05) is 64.4 Å². The Bertz CT molecular complexity index is 1020. The van der Waals surface area contributed by atoms with Gasteiger partial charge in [0.25, 0.3) is 5.22 Å². The lowest BCUT2D eigenvalue weighted by Crippen LogP contribution is -2.14. The second kappa shape index (κ2) is 13.4. The molecule has 0 atom stereocenters. The number of carbonyl (C=O) groups excluding carboxylic acids is 1. The van der Waals surface area contributed by atoms with Crippen molar-refractivity contribution in [2.75, 3.05) is 11.1 Å². The summed E-state index contributed by atoms with van der Waals surface area (Å²) < 4.78 is 5.75. The van der Waals surface area contributed by atoms with Crippen LogP contribution in [0.4, 0.5) is 5.69 Å². The van der Waals surface area contributed by atoms with E-state index in [4.69, 9.17) is 9.40 Å². The first-order valence-corrected chi connectivity index (χ1v) is 14.7. The summed E-state index contributed by atoms with van der Waals surface area (Å²) in [5.41, 5.74) is 3.61. The third kappa shape index (κ3) is 8.54. The molecule has 5 nitrogen and oxygen atoms in total. The van der Waals surface area contributed by atoms with Gasteiger partial charge in [-0.2, -0.15) is 0 Å². The van der Waals surface area contributed by atoms with Gasteiger partial charge in [0.15, 0.2) is 5.58 Å². The van der Waals surface area contributed by atoms with Gasteiger partial charge in [0, 0.05) is 33.3 Å². The molecular weight excluding hydrogens is 483 g/mol. The molecular formula is C26H35N3O2S3. The van der Waals surface area contributed by atoms with Gasteiger partial charge in [-0.25, -0.2) is 9.97 Å². The highest BCUT2D eigenvalue weighted by molar-refractivity contribution is 8.01. The largest absolute Gasteiger partial charge is 0.431 e. The molecule has 0 radical (unpaired) electrons. The maximum Gasteiger partial charge on any atom is 0.256 e. The Morgan fingerprint density at radius 1 is 1.00 bits per heavy atom. The number of oxazole rings is 1. The Morgan fingerprint density at radius 2 is 1.74 bits per heavy atom. The highest BCUT2D eigenvalue weighted by atomic mass is 32.2. The predicted molar refractivity (Wildman–Crippen MR) is 147 cm³/mol. The van der Waals surface area contributed by atoms with E-state index in [9.17, 15) is 4.79 Å². The molecule has 0 saturated carbocycles. The first-order valence-electron chi connectivity index (χ1n) is 11.9. The van der Waals surface area contributed by atoms with Crippen molar-refractivity contribution in [1.82, 2.24) is 9.97 Å². The van der Waals surface area contributed by atoms with Crippen LogP contribution in [0, 0.1) is 6.92 Å². The highest BCUT2D eigenvalue weighted by Crippen LogP contribution is 2.38. The quantitative estimate of drug-likeness (QED) is 0.181. The number of amides is 1. The van der Waals surface area contributed by atoms with Gasteiger partial charge in [0.2, 0.25) is 5.91 Å². The second-order valence-corrected chi connectivity index (χ2v) is 13.0. The van der Waals surface area contributed by atoms with Crippen LogP contribution in [-0.4, -0.2) is 32.1 Å². The van der Waals surface area contributed by atoms with Crippen molar-refractivity contribution in [2.24, 2.45) is 0 Å². The van der Waals surface area contributed by atoms with Crippen LogP contribution >= 0.6 is 35.3 Å². The molecule has 184 valence electrons. The Morgan fingerprint density at radius 3 is 2.47 bits per heavy atom. The number of carbonyl (C=O) groups is 1. The summed E-state index contributed by atoms with van der Waals surface area (Å²) in [4.78, 5) is 23.1. The standard InChI is InChI=1S/C26H35N3O2S3/c1-17(2)33-22-16-19(5)27-25(34-18(3)4)24(22)29-23(30)14-8-6-7-11-15-32-26-28-20-12-9-10-13-21(20)31-26/h9-10,12-13,16-18H,6-8,11,14-15H2,1-5H3,(H,29,30). The summed E-state index contributed by atoms with van der Waals surface area (Å²) in [7, 11) is 0. The van der Waals surface area contributed by atoms with Crippen molar-refractivity contribution in [2.45, 2.75) is 92.4 Å². The lowest BCUT2D eigenvalue weighted by atomic mass is 10.1. The van der Waals surface area contributed by atoms with Crippen LogP contribution in [0.1, 0.15) is 65.5 Å². The Balaban J connectivity index is 1.43. The van der Waals surface area contributed by atoms with E-state index in [-0.39, 0.29) is 5.91 Å². The molecule has 1 aromatic carbocycles. The van der Waals surface area contributed by atoms with E-state index < -0.39 is 0 Å². The number of unbranched alkanes of at least 4 members (excludes halogenated alkanes) is 3. The van der Waals surface area contributed by atoms with Crippen LogP contribution in [-0.2, 0) is 4.79 Å². The van der Waals surface area contributed by atoms with Gasteiger partial charge < -0.3 is 9.73 Å². The summed E-state index contributed by atoms with van der Waals surface area (Å²) >= 11 is 5.14. The molecule has 3 rings (SSSR count). The molecule has 0 unspecified atom stereocenters. The number of aromatic nitrogens is 2. The first-order chi connectivity index (χ1) is 16.3. The average molecular weight is 518 g/mol. The fourth-order valence-electron chi connectivity index (χ4n) is 3.40. The molecule has 2 heterocycles. The average Bonchev–Trinajstić information content (AvgIpc) is 3.17. The van der Waals surface area contributed by atoms with E-state index in [1.54, 1.807) is 35.3 Å². The molecule has 0 saturated heterocycles. The van der Waals surface area contributed by atoms with Crippen LogP contribution in [0.2, 0.25) is 0 Å². The highest BCUT2D eigenvalue weighted by Gasteiger charge is 2.17. The lowest BCUT2D eigenvalue weighted by Gasteiger charge is -2.18. The molecule has 0 fully saturated rings. The number of pyridine rings is 1. The Hall–Kier alpha value is -1.64. The second-order valence-electron chi connectivity index (χ2n) is 8.78. The monoisotopic (exact) mass is 517 g/mol. The molecule has 0 aliphatic rings. The fraction of sp³-hybridized carbons (Fsp3) is 0.500. The van der Waals surface area contributed by atoms with Gasteiger partial charge in [-0.05, 0) is 38.0 Å². The molecule has 0 aliphatic carbocycles. The Kier molecular flexibility index (Phi) is 10.7. The molecule has 1 N–H and O–H groups in total. The molecule has 8 heteroatoms. The van der Waals surface area contributed by atoms with Gasteiger partial charge in [-0.15, -0.1) is 23.5 Å². The van der Waals surface area contributed by atoms with Gasteiger partial charge in [0.1, 0.15) is 10.5 Å². The van der Waals surface area contributed by atoms with Crippen LogP contribution < -0.4 is 5.32 Å². The van der Waals surface area contributed by atoms with Crippen molar-refractivity contribution >= 4 is 58.0 Å². The number of benzene rings is 1. The minimum atomic E-state index is 0.0720. The minimum Gasteiger partial charge on any atom is -0.431 e. The lowest BCUT2D eigenvalue weighted by molar-refractivity contribution is -0.116. The van der Waals surface area contributed by atoms with E-state index in [1.807, 2.05) is 31.2 Å². The fourth-order valence-corrected chi connectivity index (χ4v) is 6.23. The summed E-state index contributed by atoms with van der Waals surface area (Å²) in [5.74, 6) is 1.04. The van der Waals surface area contributed by atoms with Crippen LogP contribution in [0.5, 0.6) is 0 Å². The maximum atomic E-state index is 12.8. The number of rotatable bonds is 13. The number of nitrogens with one attached hydrogen (secondary N) is 1. The SMILES string of the molecule is Cc1cc(SC(C)C)c(NC(=O)CCCCCCSc2nc3ccccc3o2)c(SC(C)C)n1. The van der Waals surface area contributed by atoms with Crippen molar-refractivity contribution in [3.8, 4) is 0 Å². The van der Waals surface area contributed by atoms with Crippen molar-refractivity contribution in [3.05, 3.63) is 36.0 Å². The van der Waals surface area contributed by atoms with Gasteiger partial charge >= 0.3 is 0 Å². The first kappa shape index (κ1) is 27.0. The summed E-state index contributed by atoms with van der Waals surface area (Å²) in [5, 5.41) is 5.67. The number of thioether (sulfide) groups is 3. The summed E-state index contributed by atoms with van der Waals surface area (Å²) in [6, 6.07) is 9.92. The van der Waals surface area contributed by atoms with E-state index >= 15 is 0 Å². The number of aryl methyl sites for hydroxylation is 1. The number of para-hydroxylation sites is 2. The number of anilines is 1. The molecule has 1 amide bonds. The molecule has 0 spiro atoms. The maximum absolute atomic E-state index is 12.8. The molecule has 3 aromatic rings. The third-order valence-corrected chi connectivity index (χ3v) is 7.80. The van der Waals surface area contributed by atoms with Gasteiger partial charge in [0.05, 0.1) is 5.69 Å². The number of fused-ring (bicyclic) bond motifs is 1. The number of hydrogen-bond acceptors (Lipinski definition) is 7. The van der Waals surface area contributed by atoms with E-state index in [2.05, 4.69) is 44.1 Å². The zero-order chi connectivity index (χ0) is 24.5. The van der Waals surface area contributed by atoms with E-state index in [0.29, 0.717) is 16.9 Å². The van der Waals surface area contributed by atoms with Crippen LogP contribution in [0.25, 0.3) is 11.1 Å². The van der Waals surface area contributed by atoms with Crippen LogP contribution in [0.3, 0.4) is 0 Å². The Labute approximate surface area is 216 Å². The smallest absolute Gasteiger partial charge is 0.256 e.